The van der Waals surface area contributed by atoms with Crippen LogP contribution in [0.5, 0.6) is 0 Å². The Balaban J connectivity index is 1.40. The molecule has 1 aliphatic rings. The number of rotatable bonds is 6. The molecule has 2 heterocycles. The molecule has 4 rings (SSSR count). The molecular weight excluding hydrogens is 366 g/mol. The topological polar surface area (TPSA) is 80.1 Å². The Morgan fingerprint density at radius 2 is 2.03 bits per heavy atom. The van der Waals surface area contributed by atoms with Crippen LogP contribution >= 0.6 is 0 Å². The summed E-state index contributed by atoms with van der Waals surface area (Å²) in [7, 11) is 0. The number of aromatic nitrogens is 3. The Bertz CT molecular complexity index is 998. The van der Waals surface area contributed by atoms with Crippen LogP contribution in [-0.4, -0.2) is 38.0 Å². The van der Waals surface area contributed by atoms with Gasteiger partial charge in [-0.25, -0.2) is 9.67 Å². The molecule has 1 aromatic heterocycles. The molecule has 1 aliphatic heterocycles. The largest absolute Gasteiger partial charge is 0.346 e. The molecule has 1 fully saturated rings. The molecule has 29 heavy (non-hydrogen) atoms. The highest BCUT2D eigenvalue weighted by Gasteiger charge is 2.20. The molecule has 1 saturated heterocycles. The maximum Gasteiger partial charge on any atom is 0.251 e. The van der Waals surface area contributed by atoms with E-state index in [9.17, 15) is 9.59 Å². The smallest absolute Gasteiger partial charge is 0.251 e. The summed E-state index contributed by atoms with van der Waals surface area (Å²) in [5.41, 5.74) is 3.48. The third-order valence-corrected chi connectivity index (χ3v) is 5.16. The van der Waals surface area contributed by atoms with Gasteiger partial charge in [-0.3, -0.25) is 9.59 Å². The minimum absolute atomic E-state index is 0.132. The molecule has 0 aliphatic carbocycles. The van der Waals surface area contributed by atoms with Crippen LogP contribution in [0.3, 0.4) is 0 Å². The normalized spacial score (nSPS) is 14.8. The molecule has 7 heteroatoms. The van der Waals surface area contributed by atoms with Crippen molar-refractivity contribution in [3.8, 4) is 5.69 Å². The van der Waals surface area contributed by atoms with Gasteiger partial charge in [0.15, 0.2) is 0 Å². The van der Waals surface area contributed by atoms with Crippen molar-refractivity contribution in [2.45, 2.75) is 32.4 Å². The van der Waals surface area contributed by atoms with E-state index in [1.165, 1.54) is 6.33 Å². The Morgan fingerprint density at radius 3 is 2.72 bits per heavy atom. The SMILES string of the molecule is C[C@@H](NC(=O)c1cccc(CN2CCCC2=O)c1)c1ccc(-n2cncn2)cc1. The standard InChI is InChI=1S/C22H23N5O2/c1-16(18-7-9-20(10-8-18)27-15-23-14-24-27)25-22(29)19-5-2-4-17(12-19)13-26-11-3-6-21(26)28/h2,4-5,7-10,12,14-16H,3,6,11,13H2,1H3,(H,25,29)/t16-/m1/s1. The lowest BCUT2D eigenvalue weighted by Gasteiger charge is -2.17. The molecule has 3 aromatic rings. The molecule has 2 aromatic carbocycles. The number of likely N-dealkylation sites (tertiary alicyclic amines) is 1. The molecule has 1 N–H and O–H groups in total. The van der Waals surface area contributed by atoms with Gasteiger partial charge in [0.2, 0.25) is 5.91 Å². The summed E-state index contributed by atoms with van der Waals surface area (Å²) in [6, 6.07) is 15.2. The van der Waals surface area contributed by atoms with E-state index in [0.717, 1.165) is 29.8 Å². The van der Waals surface area contributed by atoms with Crippen molar-refractivity contribution in [3.05, 3.63) is 77.9 Å². The number of nitrogens with one attached hydrogen (secondary N) is 1. The van der Waals surface area contributed by atoms with Gasteiger partial charge in [-0.15, -0.1) is 0 Å². The van der Waals surface area contributed by atoms with Crippen molar-refractivity contribution in [1.82, 2.24) is 25.0 Å². The van der Waals surface area contributed by atoms with E-state index in [2.05, 4.69) is 15.4 Å². The number of hydrogen-bond donors (Lipinski definition) is 1. The van der Waals surface area contributed by atoms with Crippen LogP contribution in [0, 0.1) is 0 Å². The third kappa shape index (κ3) is 4.34. The minimum Gasteiger partial charge on any atom is -0.346 e. The minimum atomic E-state index is -0.142. The quantitative estimate of drug-likeness (QED) is 0.703. The first-order chi connectivity index (χ1) is 14.1. The van der Waals surface area contributed by atoms with Gasteiger partial charge in [0.05, 0.1) is 11.7 Å². The first-order valence-electron chi connectivity index (χ1n) is 9.73. The van der Waals surface area contributed by atoms with Crippen LogP contribution in [0.4, 0.5) is 0 Å². The lowest BCUT2D eigenvalue weighted by Crippen LogP contribution is -2.27. The first kappa shape index (κ1) is 18.9. The molecular formula is C22H23N5O2. The van der Waals surface area contributed by atoms with Crippen molar-refractivity contribution in [3.63, 3.8) is 0 Å². The van der Waals surface area contributed by atoms with Crippen molar-refractivity contribution in [1.29, 1.82) is 0 Å². The summed E-state index contributed by atoms with van der Waals surface area (Å²) >= 11 is 0. The second-order valence-corrected chi connectivity index (χ2v) is 7.25. The third-order valence-electron chi connectivity index (χ3n) is 5.16. The second-order valence-electron chi connectivity index (χ2n) is 7.25. The van der Waals surface area contributed by atoms with Crippen LogP contribution in [0.15, 0.2) is 61.2 Å². The van der Waals surface area contributed by atoms with Gasteiger partial charge >= 0.3 is 0 Å². The highest BCUT2D eigenvalue weighted by atomic mass is 16.2. The highest BCUT2D eigenvalue weighted by molar-refractivity contribution is 5.94. The van der Waals surface area contributed by atoms with E-state index in [-0.39, 0.29) is 17.9 Å². The van der Waals surface area contributed by atoms with Gasteiger partial charge in [0.25, 0.3) is 5.91 Å². The lowest BCUT2D eigenvalue weighted by atomic mass is 10.1. The molecule has 1 atom stereocenters. The summed E-state index contributed by atoms with van der Waals surface area (Å²) in [6.45, 7) is 3.30. The van der Waals surface area contributed by atoms with Crippen LogP contribution in [0.1, 0.15) is 47.3 Å². The fourth-order valence-corrected chi connectivity index (χ4v) is 3.52. The molecule has 2 amide bonds. The van der Waals surface area contributed by atoms with Crippen molar-refractivity contribution in [2.24, 2.45) is 0 Å². The monoisotopic (exact) mass is 389 g/mol. The molecule has 0 unspecified atom stereocenters. The summed E-state index contributed by atoms with van der Waals surface area (Å²) in [6.07, 6.45) is 4.66. The van der Waals surface area contributed by atoms with E-state index >= 15 is 0 Å². The van der Waals surface area contributed by atoms with Gasteiger partial charge in [0, 0.05) is 25.1 Å². The Kier molecular flexibility index (Phi) is 5.37. The number of carbonyl (C=O) groups excluding carboxylic acids is 2. The first-order valence-corrected chi connectivity index (χ1v) is 9.73. The van der Waals surface area contributed by atoms with Gasteiger partial charge in [-0.05, 0) is 48.7 Å². The van der Waals surface area contributed by atoms with E-state index in [1.807, 2.05) is 54.3 Å². The summed E-state index contributed by atoms with van der Waals surface area (Å²) < 4.78 is 1.68. The number of hydrogen-bond acceptors (Lipinski definition) is 4. The highest BCUT2D eigenvalue weighted by Crippen LogP contribution is 2.18. The maximum absolute atomic E-state index is 12.7. The van der Waals surface area contributed by atoms with Crippen LogP contribution in [0.2, 0.25) is 0 Å². The van der Waals surface area contributed by atoms with Crippen LogP contribution in [-0.2, 0) is 11.3 Å². The second kappa shape index (κ2) is 8.26. The van der Waals surface area contributed by atoms with Gasteiger partial charge in [0.1, 0.15) is 12.7 Å². The molecule has 7 nitrogen and oxygen atoms in total. The zero-order valence-corrected chi connectivity index (χ0v) is 16.3. The van der Waals surface area contributed by atoms with E-state index in [4.69, 9.17) is 0 Å². The zero-order chi connectivity index (χ0) is 20.2. The summed E-state index contributed by atoms with van der Waals surface area (Å²) in [4.78, 5) is 30.3. The van der Waals surface area contributed by atoms with E-state index < -0.39 is 0 Å². The fraction of sp³-hybridized carbons (Fsp3) is 0.273. The fourth-order valence-electron chi connectivity index (χ4n) is 3.52. The van der Waals surface area contributed by atoms with E-state index in [0.29, 0.717) is 18.5 Å². The summed E-state index contributed by atoms with van der Waals surface area (Å²) in [5, 5.41) is 7.15. The Morgan fingerprint density at radius 1 is 1.21 bits per heavy atom. The molecule has 0 radical (unpaired) electrons. The Labute approximate surface area is 169 Å². The molecule has 148 valence electrons. The number of carbonyl (C=O) groups is 2. The van der Waals surface area contributed by atoms with E-state index in [1.54, 1.807) is 17.1 Å². The van der Waals surface area contributed by atoms with Gasteiger partial charge in [-0.2, -0.15) is 5.10 Å². The molecule has 0 saturated carbocycles. The maximum atomic E-state index is 12.7. The predicted octanol–water partition coefficient (Wildman–Crippen LogP) is 2.88. The van der Waals surface area contributed by atoms with Gasteiger partial charge < -0.3 is 10.2 Å². The van der Waals surface area contributed by atoms with Crippen LogP contribution < -0.4 is 5.32 Å². The number of nitrogens with zero attached hydrogens (tertiary/aromatic N) is 4. The van der Waals surface area contributed by atoms with Crippen molar-refractivity contribution in [2.75, 3.05) is 6.54 Å². The Hall–Kier alpha value is -3.48. The van der Waals surface area contributed by atoms with Crippen LogP contribution in [0.25, 0.3) is 5.69 Å². The number of benzene rings is 2. The average molecular weight is 389 g/mol. The molecule has 0 bridgehead atoms. The van der Waals surface area contributed by atoms with Crippen molar-refractivity contribution < 1.29 is 9.59 Å². The van der Waals surface area contributed by atoms with Gasteiger partial charge in [-0.1, -0.05) is 24.3 Å². The average Bonchev–Trinajstić information content (AvgIpc) is 3.41. The zero-order valence-electron chi connectivity index (χ0n) is 16.3. The number of amides is 2. The predicted molar refractivity (Wildman–Crippen MR) is 108 cm³/mol. The summed E-state index contributed by atoms with van der Waals surface area (Å²) in [5.74, 6) is 0.0512. The van der Waals surface area contributed by atoms with Crippen molar-refractivity contribution >= 4 is 11.8 Å². The molecule has 0 spiro atoms. The lowest BCUT2D eigenvalue weighted by molar-refractivity contribution is -0.128.